The zero-order valence-electron chi connectivity index (χ0n) is 10.4. The summed E-state index contributed by atoms with van der Waals surface area (Å²) in [6.45, 7) is 0.676. The molecule has 19 heavy (non-hydrogen) atoms. The van der Waals surface area contributed by atoms with Crippen LogP contribution in [-0.4, -0.2) is 28.4 Å². The number of aliphatic carboxylic acids is 1. The summed E-state index contributed by atoms with van der Waals surface area (Å²) in [5, 5.41) is 19.3. The summed E-state index contributed by atoms with van der Waals surface area (Å²) in [7, 11) is 0. The van der Waals surface area contributed by atoms with Crippen molar-refractivity contribution in [3.05, 3.63) is 27.7 Å². The van der Waals surface area contributed by atoms with Crippen LogP contribution >= 0.6 is 15.9 Å². The Bertz CT molecular complexity index is 534. The van der Waals surface area contributed by atoms with Gasteiger partial charge in [-0.15, -0.1) is 0 Å². The first-order valence-corrected chi connectivity index (χ1v) is 7.15. The third kappa shape index (κ3) is 2.37. The first kappa shape index (κ1) is 12.9. The van der Waals surface area contributed by atoms with Crippen LogP contribution in [0.4, 0.5) is 0 Å². The van der Waals surface area contributed by atoms with E-state index in [0.717, 1.165) is 27.8 Å². The lowest BCUT2D eigenvalue weighted by Gasteiger charge is -2.41. The molecule has 2 aliphatic rings. The van der Waals surface area contributed by atoms with Crippen molar-refractivity contribution in [3.63, 3.8) is 0 Å². The summed E-state index contributed by atoms with van der Waals surface area (Å²) < 4.78 is 6.60. The number of carbonyl (C=O) groups is 1. The van der Waals surface area contributed by atoms with Gasteiger partial charge in [0.25, 0.3) is 0 Å². The van der Waals surface area contributed by atoms with E-state index in [1.165, 1.54) is 0 Å². The number of ether oxygens (including phenoxy) is 1. The number of rotatable bonds is 3. The van der Waals surface area contributed by atoms with Gasteiger partial charge in [0.2, 0.25) is 0 Å². The molecule has 1 fully saturated rings. The zero-order valence-corrected chi connectivity index (χ0v) is 11.9. The first-order chi connectivity index (χ1) is 8.97. The van der Waals surface area contributed by atoms with Crippen LogP contribution in [0.3, 0.4) is 0 Å². The molecule has 1 heterocycles. The smallest absolute Gasteiger partial charge is 0.306 e. The van der Waals surface area contributed by atoms with E-state index < -0.39 is 17.5 Å². The van der Waals surface area contributed by atoms with Gasteiger partial charge in [0.1, 0.15) is 5.75 Å². The fraction of sp³-hybridized carbons (Fsp3) is 0.500. The summed E-state index contributed by atoms with van der Waals surface area (Å²) in [5.41, 5.74) is 1.22. The molecule has 1 aromatic carbocycles. The van der Waals surface area contributed by atoms with Gasteiger partial charge in [-0.1, -0.05) is 15.9 Å². The molecule has 1 saturated carbocycles. The Balaban J connectivity index is 1.80. The molecule has 0 atom stereocenters. The lowest BCUT2D eigenvalue weighted by Crippen LogP contribution is -2.48. The highest BCUT2D eigenvalue weighted by Crippen LogP contribution is 2.43. The molecule has 4 nitrogen and oxygen atoms in total. The van der Waals surface area contributed by atoms with E-state index in [1.54, 1.807) is 0 Å². The number of halogens is 1. The maximum atomic E-state index is 10.8. The van der Waals surface area contributed by atoms with E-state index in [0.29, 0.717) is 25.9 Å². The molecule has 0 unspecified atom stereocenters. The highest BCUT2D eigenvalue weighted by Gasteiger charge is 2.46. The fourth-order valence-corrected chi connectivity index (χ4v) is 3.56. The number of aliphatic hydroxyl groups is 1. The molecule has 2 N–H and O–H groups in total. The van der Waals surface area contributed by atoms with Crippen molar-refractivity contribution in [2.24, 2.45) is 5.92 Å². The summed E-state index contributed by atoms with van der Waals surface area (Å²) in [6, 6.07) is 3.99. The van der Waals surface area contributed by atoms with Crippen molar-refractivity contribution in [2.45, 2.75) is 31.3 Å². The lowest BCUT2D eigenvalue weighted by molar-refractivity contribution is -0.158. The van der Waals surface area contributed by atoms with Gasteiger partial charge in [0.15, 0.2) is 0 Å². The molecule has 0 saturated heterocycles. The van der Waals surface area contributed by atoms with Gasteiger partial charge >= 0.3 is 5.97 Å². The van der Waals surface area contributed by atoms with Gasteiger partial charge in [0.05, 0.1) is 18.1 Å². The third-order valence-corrected chi connectivity index (χ3v) is 4.40. The van der Waals surface area contributed by atoms with Crippen LogP contribution in [-0.2, 0) is 17.6 Å². The van der Waals surface area contributed by atoms with Crippen molar-refractivity contribution >= 4 is 21.9 Å². The molecular formula is C14H15BrO4. The summed E-state index contributed by atoms with van der Waals surface area (Å²) in [6.07, 6.45) is 1.99. The molecule has 0 radical (unpaired) electrons. The van der Waals surface area contributed by atoms with Gasteiger partial charge in [-0.25, -0.2) is 0 Å². The molecule has 3 rings (SSSR count). The Morgan fingerprint density at radius 2 is 2.21 bits per heavy atom. The van der Waals surface area contributed by atoms with Crippen LogP contribution in [0.2, 0.25) is 0 Å². The topological polar surface area (TPSA) is 66.8 Å². The van der Waals surface area contributed by atoms with Gasteiger partial charge < -0.3 is 14.9 Å². The Labute approximate surface area is 119 Å². The maximum Gasteiger partial charge on any atom is 0.306 e. The molecule has 5 heteroatoms. The van der Waals surface area contributed by atoms with Crippen LogP contribution in [0.15, 0.2) is 16.6 Å². The number of carboxylic acids is 1. The predicted octanol–water partition coefficient (Wildman–Crippen LogP) is 2.15. The minimum Gasteiger partial charge on any atom is -0.493 e. The van der Waals surface area contributed by atoms with Crippen LogP contribution in [0, 0.1) is 5.92 Å². The van der Waals surface area contributed by atoms with Gasteiger partial charge in [-0.05, 0) is 36.1 Å². The Morgan fingerprint density at radius 3 is 2.89 bits per heavy atom. The molecule has 0 aromatic heterocycles. The molecule has 1 aliphatic heterocycles. The number of benzene rings is 1. The second-order valence-electron chi connectivity index (χ2n) is 5.50. The first-order valence-electron chi connectivity index (χ1n) is 6.36. The average molecular weight is 327 g/mol. The molecule has 0 amide bonds. The highest BCUT2D eigenvalue weighted by molar-refractivity contribution is 9.10. The zero-order chi connectivity index (χ0) is 13.6. The Kier molecular flexibility index (Phi) is 3.06. The molecule has 1 aromatic rings. The largest absolute Gasteiger partial charge is 0.493 e. The Morgan fingerprint density at radius 1 is 1.47 bits per heavy atom. The van der Waals surface area contributed by atoms with E-state index in [-0.39, 0.29) is 0 Å². The van der Waals surface area contributed by atoms with E-state index in [4.69, 9.17) is 9.84 Å². The highest BCUT2D eigenvalue weighted by atomic mass is 79.9. The monoisotopic (exact) mass is 326 g/mol. The summed E-state index contributed by atoms with van der Waals surface area (Å²) in [4.78, 5) is 10.8. The summed E-state index contributed by atoms with van der Waals surface area (Å²) >= 11 is 3.47. The minimum absolute atomic E-state index is 0.323. The van der Waals surface area contributed by atoms with Gasteiger partial charge in [-0.3, -0.25) is 4.79 Å². The van der Waals surface area contributed by atoms with E-state index >= 15 is 0 Å². The SMILES string of the molecule is O=C(O)C1CC(O)(Cc2cc(Br)cc3c2OCC3)C1. The van der Waals surface area contributed by atoms with Crippen molar-refractivity contribution in [3.8, 4) is 5.75 Å². The van der Waals surface area contributed by atoms with Crippen molar-refractivity contribution in [1.82, 2.24) is 0 Å². The second-order valence-corrected chi connectivity index (χ2v) is 6.41. The molecule has 0 bridgehead atoms. The Hall–Kier alpha value is -1.07. The lowest BCUT2D eigenvalue weighted by atomic mass is 9.68. The normalized spacial score (nSPS) is 28.4. The number of fused-ring (bicyclic) bond motifs is 1. The van der Waals surface area contributed by atoms with E-state index in [1.807, 2.05) is 12.1 Å². The number of hydrogen-bond donors (Lipinski definition) is 2. The minimum atomic E-state index is -0.899. The predicted molar refractivity (Wildman–Crippen MR) is 72.4 cm³/mol. The van der Waals surface area contributed by atoms with Gasteiger partial charge in [-0.2, -0.15) is 0 Å². The van der Waals surface area contributed by atoms with Crippen LogP contribution in [0.5, 0.6) is 5.75 Å². The standard InChI is InChI=1S/C14H15BrO4/c15-11-3-8-1-2-19-12(8)9(4-11)5-14(18)6-10(7-14)13(16)17/h3-4,10,18H,1-2,5-7H2,(H,16,17). The molecule has 1 aliphatic carbocycles. The molecular weight excluding hydrogens is 312 g/mol. The van der Waals surface area contributed by atoms with Crippen LogP contribution in [0.25, 0.3) is 0 Å². The number of carboxylic acid groups (broad SMARTS) is 1. The van der Waals surface area contributed by atoms with Crippen molar-refractivity contribution < 1.29 is 19.7 Å². The van der Waals surface area contributed by atoms with Crippen LogP contribution < -0.4 is 4.74 Å². The van der Waals surface area contributed by atoms with Gasteiger partial charge in [0, 0.05) is 17.3 Å². The van der Waals surface area contributed by atoms with E-state index in [2.05, 4.69) is 15.9 Å². The summed E-state index contributed by atoms with van der Waals surface area (Å²) in [5.74, 6) is -0.359. The third-order valence-electron chi connectivity index (χ3n) is 3.95. The molecule has 102 valence electrons. The average Bonchev–Trinajstić information content (AvgIpc) is 2.73. The van der Waals surface area contributed by atoms with E-state index in [9.17, 15) is 9.90 Å². The maximum absolute atomic E-state index is 10.8. The van der Waals surface area contributed by atoms with Crippen molar-refractivity contribution in [1.29, 1.82) is 0 Å². The number of hydrogen-bond acceptors (Lipinski definition) is 3. The quantitative estimate of drug-likeness (QED) is 0.893. The second kappa shape index (κ2) is 4.49. The van der Waals surface area contributed by atoms with Crippen LogP contribution in [0.1, 0.15) is 24.0 Å². The fourth-order valence-electron chi connectivity index (χ4n) is 3.01. The molecule has 0 spiro atoms. The van der Waals surface area contributed by atoms with Crippen molar-refractivity contribution in [2.75, 3.05) is 6.61 Å².